The molecule has 0 radical (unpaired) electrons. The molecule has 0 saturated carbocycles. The van der Waals surface area contributed by atoms with Crippen LogP contribution in [0.1, 0.15) is 12.8 Å². The Kier molecular flexibility index (Phi) is 4.22. The average Bonchev–Trinajstić information content (AvgIpc) is 3.17. The lowest BCUT2D eigenvalue weighted by Crippen LogP contribution is -2.07. The number of hydrogen-bond acceptors (Lipinski definition) is 5. The fourth-order valence-corrected chi connectivity index (χ4v) is 3.00. The first kappa shape index (κ1) is 13.5. The molecule has 1 aromatic heterocycles. The molecule has 0 amide bonds. The van der Waals surface area contributed by atoms with Crippen LogP contribution in [-0.4, -0.2) is 40.8 Å². The Bertz CT molecular complexity index is 550. The molecule has 0 unspecified atom stereocenters. The van der Waals surface area contributed by atoms with Gasteiger partial charge in [-0.1, -0.05) is 11.8 Å². The molecule has 6 heteroatoms. The van der Waals surface area contributed by atoms with E-state index in [0.717, 1.165) is 47.5 Å². The second kappa shape index (κ2) is 6.28. The summed E-state index contributed by atoms with van der Waals surface area (Å²) in [6, 6.07) is 7.76. The van der Waals surface area contributed by atoms with Gasteiger partial charge in [0.05, 0.1) is 13.2 Å². The number of aromatic amines is 1. The number of benzene rings is 1. The van der Waals surface area contributed by atoms with Gasteiger partial charge in [-0.05, 0) is 37.1 Å². The Balaban J connectivity index is 1.62. The minimum Gasteiger partial charge on any atom is -0.497 e. The topological polar surface area (TPSA) is 60.0 Å². The van der Waals surface area contributed by atoms with Crippen LogP contribution >= 0.6 is 11.8 Å². The Morgan fingerprint density at radius 2 is 2.25 bits per heavy atom. The van der Waals surface area contributed by atoms with Gasteiger partial charge in [0.1, 0.15) is 5.75 Å². The maximum atomic E-state index is 5.59. The van der Waals surface area contributed by atoms with Crippen LogP contribution in [0.2, 0.25) is 0 Å². The molecule has 1 aromatic carbocycles. The first-order valence-corrected chi connectivity index (χ1v) is 7.65. The number of ether oxygens (including phenoxy) is 2. The van der Waals surface area contributed by atoms with Crippen molar-refractivity contribution >= 4 is 11.8 Å². The summed E-state index contributed by atoms with van der Waals surface area (Å²) in [5.41, 5.74) is 1.00. The molecular formula is C14H17N3O2S. The lowest BCUT2D eigenvalue weighted by atomic mass is 10.2. The van der Waals surface area contributed by atoms with Crippen molar-refractivity contribution in [1.82, 2.24) is 15.2 Å². The molecule has 1 aliphatic heterocycles. The molecule has 1 N–H and O–H groups in total. The zero-order valence-corrected chi connectivity index (χ0v) is 12.2. The van der Waals surface area contributed by atoms with Gasteiger partial charge in [0, 0.05) is 17.9 Å². The molecule has 0 bridgehead atoms. The molecule has 5 nitrogen and oxygen atoms in total. The van der Waals surface area contributed by atoms with Crippen LogP contribution < -0.4 is 4.74 Å². The third-order valence-corrected chi connectivity index (χ3v) is 4.23. The fourth-order valence-electron chi connectivity index (χ4n) is 2.13. The monoisotopic (exact) mass is 291 g/mol. The normalized spacial score (nSPS) is 18.4. The van der Waals surface area contributed by atoms with Crippen LogP contribution in [0.4, 0.5) is 0 Å². The quantitative estimate of drug-likeness (QED) is 0.858. The fraction of sp³-hybridized carbons (Fsp3) is 0.429. The third-order valence-electron chi connectivity index (χ3n) is 3.25. The lowest BCUT2D eigenvalue weighted by molar-refractivity contribution is 0.129. The van der Waals surface area contributed by atoms with Gasteiger partial charge < -0.3 is 9.47 Å². The minimum atomic E-state index is 0.350. The van der Waals surface area contributed by atoms with Gasteiger partial charge in [0.2, 0.25) is 5.16 Å². The van der Waals surface area contributed by atoms with E-state index in [-0.39, 0.29) is 0 Å². The van der Waals surface area contributed by atoms with Crippen LogP contribution in [0.15, 0.2) is 29.4 Å². The third kappa shape index (κ3) is 3.13. The Morgan fingerprint density at radius 3 is 2.95 bits per heavy atom. The van der Waals surface area contributed by atoms with Crippen LogP contribution in [0.25, 0.3) is 11.4 Å². The maximum absolute atomic E-state index is 5.59. The van der Waals surface area contributed by atoms with Gasteiger partial charge in [-0.2, -0.15) is 0 Å². The smallest absolute Gasteiger partial charge is 0.208 e. The van der Waals surface area contributed by atoms with Crippen molar-refractivity contribution in [1.29, 1.82) is 0 Å². The predicted molar refractivity (Wildman–Crippen MR) is 78.1 cm³/mol. The van der Waals surface area contributed by atoms with E-state index in [4.69, 9.17) is 9.47 Å². The highest BCUT2D eigenvalue weighted by molar-refractivity contribution is 7.99. The van der Waals surface area contributed by atoms with Crippen molar-refractivity contribution in [3.8, 4) is 17.1 Å². The van der Waals surface area contributed by atoms with Crippen LogP contribution in [0.5, 0.6) is 5.75 Å². The summed E-state index contributed by atoms with van der Waals surface area (Å²) in [5.74, 6) is 2.53. The molecule has 1 aliphatic rings. The van der Waals surface area contributed by atoms with Crippen molar-refractivity contribution in [2.75, 3.05) is 19.5 Å². The van der Waals surface area contributed by atoms with Crippen molar-refractivity contribution in [2.45, 2.75) is 24.1 Å². The summed E-state index contributed by atoms with van der Waals surface area (Å²) >= 11 is 1.64. The highest BCUT2D eigenvalue weighted by Crippen LogP contribution is 2.24. The van der Waals surface area contributed by atoms with Gasteiger partial charge in [0.15, 0.2) is 5.82 Å². The molecule has 2 aromatic rings. The first-order chi connectivity index (χ1) is 9.85. The van der Waals surface area contributed by atoms with E-state index in [1.54, 1.807) is 18.9 Å². The molecule has 0 spiro atoms. The lowest BCUT2D eigenvalue weighted by Gasteiger charge is -2.05. The second-order valence-electron chi connectivity index (χ2n) is 4.64. The standard InChI is InChI=1S/C14H17N3O2S/c1-18-11-6-4-10(5-7-11)13-15-14(17-16-13)20-9-12-3-2-8-19-12/h4-7,12H,2-3,8-9H2,1H3,(H,15,16,17)/t12-/m0/s1. The second-order valence-corrected chi connectivity index (χ2v) is 5.63. The molecule has 20 heavy (non-hydrogen) atoms. The maximum Gasteiger partial charge on any atom is 0.208 e. The van der Waals surface area contributed by atoms with Gasteiger partial charge in [-0.15, -0.1) is 5.10 Å². The van der Waals surface area contributed by atoms with E-state index in [1.807, 2.05) is 24.3 Å². The number of nitrogens with one attached hydrogen (secondary N) is 1. The van der Waals surface area contributed by atoms with E-state index >= 15 is 0 Å². The van der Waals surface area contributed by atoms with Crippen LogP contribution in [0.3, 0.4) is 0 Å². The Morgan fingerprint density at radius 1 is 1.40 bits per heavy atom. The van der Waals surface area contributed by atoms with Gasteiger partial charge >= 0.3 is 0 Å². The summed E-state index contributed by atoms with van der Waals surface area (Å²) in [6.07, 6.45) is 2.65. The van der Waals surface area contributed by atoms with Gasteiger partial charge in [0.25, 0.3) is 0 Å². The zero-order valence-electron chi connectivity index (χ0n) is 11.3. The first-order valence-electron chi connectivity index (χ1n) is 6.66. The molecule has 1 atom stereocenters. The van der Waals surface area contributed by atoms with Crippen molar-refractivity contribution < 1.29 is 9.47 Å². The molecule has 1 saturated heterocycles. The predicted octanol–water partition coefficient (Wildman–Crippen LogP) is 2.75. The molecular weight excluding hydrogens is 274 g/mol. The van der Waals surface area contributed by atoms with E-state index in [1.165, 1.54) is 0 Å². The molecule has 2 heterocycles. The molecule has 3 rings (SSSR count). The summed E-state index contributed by atoms with van der Waals surface area (Å²) in [4.78, 5) is 4.50. The zero-order chi connectivity index (χ0) is 13.8. The van der Waals surface area contributed by atoms with E-state index in [0.29, 0.717) is 6.10 Å². The number of nitrogens with zero attached hydrogens (tertiary/aromatic N) is 2. The van der Waals surface area contributed by atoms with E-state index < -0.39 is 0 Å². The summed E-state index contributed by atoms with van der Waals surface area (Å²) in [6.45, 7) is 0.885. The van der Waals surface area contributed by atoms with Gasteiger partial charge in [-0.3, -0.25) is 5.10 Å². The minimum absolute atomic E-state index is 0.350. The summed E-state index contributed by atoms with van der Waals surface area (Å²) in [7, 11) is 1.66. The summed E-state index contributed by atoms with van der Waals surface area (Å²) in [5, 5.41) is 7.98. The number of aromatic nitrogens is 3. The summed E-state index contributed by atoms with van der Waals surface area (Å²) < 4.78 is 10.7. The van der Waals surface area contributed by atoms with Crippen LogP contribution in [0, 0.1) is 0 Å². The van der Waals surface area contributed by atoms with Crippen molar-refractivity contribution in [2.24, 2.45) is 0 Å². The van der Waals surface area contributed by atoms with E-state index in [9.17, 15) is 0 Å². The molecule has 1 fully saturated rings. The Hall–Kier alpha value is -1.53. The van der Waals surface area contributed by atoms with E-state index in [2.05, 4.69) is 15.2 Å². The van der Waals surface area contributed by atoms with Crippen molar-refractivity contribution in [3.05, 3.63) is 24.3 Å². The SMILES string of the molecule is COc1ccc(-c2nc(SC[C@@H]3CCCO3)n[nH]2)cc1. The number of hydrogen-bond donors (Lipinski definition) is 1. The van der Waals surface area contributed by atoms with Gasteiger partial charge in [-0.25, -0.2) is 4.98 Å². The molecule has 0 aliphatic carbocycles. The number of H-pyrrole nitrogens is 1. The highest BCUT2D eigenvalue weighted by atomic mass is 32.2. The largest absolute Gasteiger partial charge is 0.497 e. The Labute approximate surface area is 122 Å². The average molecular weight is 291 g/mol. The number of methoxy groups -OCH3 is 1. The number of thioether (sulfide) groups is 1. The molecule has 106 valence electrons. The highest BCUT2D eigenvalue weighted by Gasteiger charge is 2.16. The van der Waals surface area contributed by atoms with Crippen molar-refractivity contribution in [3.63, 3.8) is 0 Å². The number of rotatable bonds is 5. The van der Waals surface area contributed by atoms with Crippen LogP contribution in [-0.2, 0) is 4.74 Å².